The lowest BCUT2D eigenvalue weighted by Gasteiger charge is -2.15. The van der Waals surface area contributed by atoms with Crippen LogP contribution in [-0.4, -0.2) is 28.3 Å². The number of nitrogens with zero attached hydrogens (tertiary/aromatic N) is 3. The molecule has 0 aliphatic carbocycles. The van der Waals surface area contributed by atoms with Gasteiger partial charge in [0.05, 0.1) is 11.5 Å². The minimum atomic E-state index is -0.778. The van der Waals surface area contributed by atoms with Gasteiger partial charge >= 0.3 is 0 Å². The molecule has 2 aromatic rings. The van der Waals surface area contributed by atoms with E-state index in [2.05, 4.69) is 10.1 Å². The zero-order valence-corrected chi connectivity index (χ0v) is 11.4. The van der Waals surface area contributed by atoms with Crippen molar-refractivity contribution in [2.75, 3.05) is 13.2 Å². The number of ether oxygens (including phenoxy) is 1. The average molecular weight is 290 g/mol. The highest BCUT2D eigenvalue weighted by atomic mass is 16.6. The summed E-state index contributed by atoms with van der Waals surface area (Å²) in [5, 5.41) is 14.8. The maximum Gasteiger partial charge on any atom is 0.270 e. The van der Waals surface area contributed by atoms with Crippen LogP contribution in [0.25, 0.3) is 11.4 Å². The molecule has 8 heteroatoms. The van der Waals surface area contributed by atoms with Gasteiger partial charge < -0.3 is 15.0 Å². The van der Waals surface area contributed by atoms with Gasteiger partial charge in [0, 0.05) is 24.3 Å². The maximum absolute atomic E-state index is 10.9. The van der Waals surface area contributed by atoms with Crippen molar-refractivity contribution in [1.82, 2.24) is 10.1 Å². The highest BCUT2D eigenvalue weighted by Crippen LogP contribution is 2.30. The first-order valence-corrected chi connectivity index (χ1v) is 6.46. The summed E-state index contributed by atoms with van der Waals surface area (Å²) in [4.78, 5) is 14.7. The molecule has 1 unspecified atom stereocenters. The van der Waals surface area contributed by atoms with Crippen molar-refractivity contribution in [2.24, 2.45) is 5.73 Å². The number of aromatic nitrogens is 2. The lowest BCUT2D eigenvalue weighted by Crippen LogP contribution is -2.37. The number of nitrogens with two attached hydrogens (primary N) is 1. The topological polar surface area (TPSA) is 117 Å². The van der Waals surface area contributed by atoms with Crippen LogP contribution in [0.5, 0.6) is 0 Å². The van der Waals surface area contributed by atoms with Crippen molar-refractivity contribution >= 4 is 5.69 Å². The summed E-state index contributed by atoms with van der Waals surface area (Å²) in [6.45, 7) is 2.69. The van der Waals surface area contributed by atoms with Crippen LogP contribution < -0.4 is 5.73 Å². The summed E-state index contributed by atoms with van der Waals surface area (Å²) in [5.74, 6) is 0.587. The smallest absolute Gasteiger partial charge is 0.270 e. The van der Waals surface area contributed by atoms with E-state index in [1.54, 1.807) is 6.07 Å². The van der Waals surface area contributed by atoms with Crippen molar-refractivity contribution < 1.29 is 14.2 Å². The number of hydrogen-bond donors (Lipinski definition) is 1. The Morgan fingerprint density at radius 2 is 2.29 bits per heavy atom. The van der Waals surface area contributed by atoms with Crippen molar-refractivity contribution in [3.8, 4) is 11.4 Å². The summed E-state index contributed by atoms with van der Waals surface area (Å²) in [6.07, 6.45) is 0.600. The van der Waals surface area contributed by atoms with Crippen LogP contribution in [-0.2, 0) is 10.3 Å². The molecule has 0 saturated carbocycles. The second-order valence-electron chi connectivity index (χ2n) is 5.14. The van der Waals surface area contributed by atoms with E-state index in [4.69, 9.17) is 15.0 Å². The first-order valence-electron chi connectivity index (χ1n) is 6.46. The van der Waals surface area contributed by atoms with E-state index in [-0.39, 0.29) is 5.69 Å². The van der Waals surface area contributed by atoms with E-state index in [1.807, 2.05) is 6.92 Å². The number of nitro groups is 1. The largest absolute Gasteiger partial charge is 0.379 e. The monoisotopic (exact) mass is 290 g/mol. The van der Waals surface area contributed by atoms with E-state index < -0.39 is 10.5 Å². The number of benzene rings is 1. The molecule has 1 fully saturated rings. The molecule has 1 aliphatic heterocycles. The first-order chi connectivity index (χ1) is 9.99. The van der Waals surface area contributed by atoms with Gasteiger partial charge in [0.1, 0.15) is 5.54 Å². The van der Waals surface area contributed by atoms with Gasteiger partial charge in [0.15, 0.2) is 0 Å². The Bertz CT molecular complexity index is 691. The maximum atomic E-state index is 10.9. The quantitative estimate of drug-likeness (QED) is 0.672. The number of hydrogen-bond acceptors (Lipinski definition) is 7. The molecule has 8 nitrogen and oxygen atoms in total. The predicted molar refractivity (Wildman–Crippen MR) is 72.4 cm³/mol. The molecule has 21 heavy (non-hydrogen) atoms. The average Bonchev–Trinajstić information content (AvgIpc) is 3.08. The SMILES string of the molecule is Cc1ccc([N+](=O)[O-])cc1-c1noc(C2(N)CCOC2)n1. The summed E-state index contributed by atoms with van der Waals surface area (Å²) < 4.78 is 10.5. The second-order valence-corrected chi connectivity index (χ2v) is 5.14. The predicted octanol–water partition coefficient (Wildman–Crippen LogP) is 1.53. The van der Waals surface area contributed by atoms with E-state index in [9.17, 15) is 10.1 Å². The van der Waals surface area contributed by atoms with Crippen LogP contribution in [0, 0.1) is 17.0 Å². The normalized spacial score (nSPS) is 21.6. The van der Waals surface area contributed by atoms with Gasteiger partial charge in [-0.1, -0.05) is 11.2 Å². The lowest BCUT2D eigenvalue weighted by molar-refractivity contribution is -0.384. The molecular weight excluding hydrogens is 276 g/mol. The number of non-ortho nitro benzene ring substituents is 1. The minimum Gasteiger partial charge on any atom is -0.379 e. The molecule has 2 heterocycles. The van der Waals surface area contributed by atoms with E-state index in [0.29, 0.717) is 36.9 Å². The van der Waals surface area contributed by atoms with Gasteiger partial charge in [-0.15, -0.1) is 0 Å². The van der Waals surface area contributed by atoms with E-state index in [0.717, 1.165) is 5.56 Å². The highest BCUT2D eigenvalue weighted by Gasteiger charge is 2.38. The fourth-order valence-corrected chi connectivity index (χ4v) is 2.25. The molecular formula is C13H14N4O4. The minimum absolute atomic E-state index is 0.0198. The first kappa shape index (κ1) is 13.7. The van der Waals surface area contributed by atoms with Crippen molar-refractivity contribution in [3.63, 3.8) is 0 Å². The Kier molecular flexibility index (Phi) is 3.19. The van der Waals surface area contributed by atoms with Gasteiger partial charge in [-0.3, -0.25) is 10.1 Å². The molecule has 1 atom stereocenters. The zero-order valence-electron chi connectivity index (χ0n) is 11.4. The third kappa shape index (κ3) is 2.39. The molecule has 2 N–H and O–H groups in total. The van der Waals surface area contributed by atoms with Crippen LogP contribution in [0.4, 0.5) is 5.69 Å². The molecule has 0 bridgehead atoms. The fourth-order valence-electron chi connectivity index (χ4n) is 2.25. The Labute approximate surface area is 120 Å². The lowest BCUT2D eigenvalue weighted by atomic mass is 10.0. The Hall–Kier alpha value is -2.32. The molecule has 0 radical (unpaired) electrons. The molecule has 1 aliphatic rings. The van der Waals surface area contributed by atoms with E-state index >= 15 is 0 Å². The third-order valence-electron chi connectivity index (χ3n) is 3.58. The molecule has 1 saturated heterocycles. The summed E-state index contributed by atoms with van der Waals surface area (Å²) >= 11 is 0. The van der Waals surface area contributed by atoms with Crippen LogP contribution in [0.15, 0.2) is 22.7 Å². The fraction of sp³-hybridized carbons (Fsp3) is 0.385. The van der Waals surface area contributed by atoms with Crippen molar-refractivity contribution in [1.29, 1.82) is 0 Å². The zero-order chi connectivity index (χ0) is 15.0. The summed E-state index contributed by atoms with van der Waals surface area (Å²) in [5.41, 5.74) is 6.74. The molecule has 1 aromatic heterocycles. The van der Waals surface area contributed by atoms with Crippen LogP contribution >= 0.6 is 0 Å². The molecule has 0 amide bonds. The number of nitro benzene ring substituents is 1. The van der Waals surface area contributed by atoms with E-state index in [1.165, 1.54) is 12.1 Å². The molecule has 110 valence electrons. The second kappa shape index (κ2) is 4.90. The van der Waals surface area contributed by atoms with Crippen LogP contribution in [0.1, 0.15) is 17.9 Å². The molecule has 3 rings (SSSR count). The van der Waals surface area contributed by atoms with Crippen molar-refractivity contribution in [2.45, 2.75) is 18.9 Å². The summed E-state index contributed by atoms with van der Waals surface area (Å²) in [7, 11) is 0. The Balaban J connectivity index is 2.00. The van der Waals surface area contributed by atoms with Gasteiger partial charge in [0.2, 0.25) is 11.7 Å². The summed E-state index contributed by atoms with van der Waals surface area (Å²) in [6, 6.07) is 4.52. The number of aryl methyl sites for hydroxylation is 1. The van der Waals surface area contributed by atoms with Gasteiger partial charge in [-0.25, -0.2) is 0 Å². The van der Waals surface area contributed by atoms with Gasteiger partial charge in [-0.05, 0) is 18.9 Å². The van der Waals surface area contributed by atoms with Gasteiger partial charge in [0.25, 0.3) is 5.69 Å². The third-order valence-corrected chi connectivity index (χ3v) is 3.58. The number of rotatable bonds is 3. The Morgan fingerprint density at radius 1 is 1.48 bits per heavy atom. The standard InChI is InChI=1S/C13H14N4O4/c1-8-2-3-9(17(18)19)6-10(8)11-15-12(21-16-11)13(14)4-5-20-7-13/h2-3,6H,4-5,7,14H2,1H3. The molecule has 0 spiro atoms. The van der Waals surface area contributed by atoms with Crippen molar-refractivity contribution in [3.05, 3.63) is 39.8 Å². The van der Waals surface area contributed by atoms with Gasteiger partial charge in [-0.2, -0.15) is 4.98 Å². The van der Waals surface area contributed by atoms with Crippen LogP contribution in [0.2, 0.25) is 0 Å². The van der Waals surface area contributed by atoms with Crippen LogP contribution in [0.3, 0.4) is 0 Å². The highest BCUT2D eigenvalue weighted by molar-refractivity contribution is 5.63. The Morgan fingerprint density at radius 3 is 2.95 bits per heavy atom. The molecule has 1 aromatic carbocycles.